The van der Waals surface area contributed by atoms with Gasteiger partial charge < -0.3 is 16.4 Å². The molecule has 1 fully saturated rings. The SMILES string of the molecule is Cc1cc(C(=O)NC2CCC(N)CC2)ccc1NC(=O)CC(C)C. The molecule has 24 heavy (non-hydrogen) atoms. The summed E-state index contributed by atoms with van der Waals surface area (Å²) in [5.41, 5.74) is 8.19. The first-order chi connectivity index (χ1) is 11.3. The van der Waals surface area contributed by atoms with E-state index in [0.29, 0.717) is 17.9 Å². The van der Waals surface area contributed by atoms with Gasteiger partial charge in [0.05, 0.1) is 0 Å². The molecule has 1 aromatic rings. The van der Waals surface area contributed by atoms with Gasteiger partial charge in [0.2, 0.25) is 5.91 Å². The Kier molecular flexibility index (Phi) is 6.37. The molecule has 2 amide bonds. The van der Waals surface area contributed by atoms with Gasteiger partial charge in [-0.3, -0.25) is 9.59 Å². The molecule has 1 aliphatic carbocycles. The summed E-state index contributed by atoms with van der Waals surface area (Å²) in [7, 11) is 0. The van der Waals surface area contributed by atoms with Crippen LogP contribution in [0.3, 0.4) is 0 Å². The first-order valence-corrected chi connectivity index (χ1v) is 8.82. The maximum atomic E-state index is 12.4. The van der Waals surface area contributed by atoms with Gasteiger partial charge in [-0.2, -0.15) is 0 Å². The van der Waals surface area contributed by atoms with Crippen LogP contribution < -0.4 is 16.4 Å². The van der Waals surface area contributed by atoms with Crippen molar-refractivity contribution in [2.45, 2.75) is 65.0 Å². The standard InChI is InChI=1S/C19H29N3O2/c1-12(2)10-18(23)22-17-9-4-14(11-13(17)3)19(24)21-16-7-5-15(20)6-8-16/h4,9,11-12,15-16H,5-8,10,20H2,1-3H3,(H,21,24)(H,22,23). The first-order valence-electron chi connectivity index (χ1n) is 8.82. The molecule has 0 saturated heterocycles. The fraction of sp³-hybridized carbons (Fsp3) is 0.579. The normalized spacial score (nSPS) is 20.7. The van der Waals surface area contributed by atoms with Crippen molar-refractivity contribution in [1.29, 1.82) is 0 Å². The molecule has 1 aromatic carbocycles. The van der Waals surface area contributed by atoms with Crippen LogP contribution >= 0.6 is 0 Å². The molecule has 2 rings (SSSR count). The van der Waals surface area contributed by atoms with Gasteiger partial charge in [0.15, 0.2) is 0 Å². The molecule has 1 saturated carbocycles. The second kappa shape index (κ2) is 8.29. The van der Waals surface area contributed by atoms with Crippen LogP contribution in [0, 0.1) is 12.8 Å². The zero-order valence-corrected chi connectivity index (χ0v) is 14.9. The summed E-state index contributed by atoms with van der Waals surface area (Å²) in [6, 6.07) is 5.88. The number of benzene rings is 1. The second-order valence-electron chi connectivity index (χ2n) is 7.26. The van der Waals surface area contributed by atoms with Crippen LogP contribution in [0.15, 0.2) is 18.2 Å². The molecule has 0 radical (unpaired) electrons. The molecule has 0 unspecified atom stereocenters. The molecule has 0 spiro atoms. The first kappa shape index (κ1) is 18.5. The van der Waals surface area contributed by atoms with Gasteiger partial charge in [0.25, 0.3) is 5.91 Å². The topological polar surface area (TPSA) is 84.2 Å². The molecule has 5 heteroatoms. The maximum absolute atomic E-state index is 12.4. The number of nitrogens with one attached hydrogen (secondary N) is 2. The Labute approximate surface area is 144 Å². The lowest BCUT2D eigenvalue weighted by atomic mass is 9.91. The van der Waals surface area contributed by atoms with E-state index in [0.717, 1.165) is 36.9 Å². The molecule has 0 aromatic heterocycles. The molecule has 0 aliphatic heterocycles. The summed E-state index contributed by atoms with van der Waals surface area (Å²) in [5.74, 6) is 0.265. The van der Waals surface area contributed by atoms with E-state index < -0.39 is 0 Å². The number of aryl methyl sites for hydroxylation is 1. The highest BCUT2D eigenvalue weighted by Crippen LogP contribution is 2.20. The van der Waals surface area contributed by atoms with Crippen LogP contribution in [0.2, 0.25) is 0 Å². The van der Waals surface area contributed by atoms with Crippen molar-refractivity contribution in [3.8, 4) is 0 Å². The third kappa shape index (κ3) is 5.34. The second-order valence-corrected chi connectivity index (χ2v) is 7.26. The number of nitrogens with two attached hydrogens (primary N) is 1. The largest absolute Gasteiger partial charge is 0.349 e. The average molecular weight is 331 g/mol. The predicted octanol–water partition coefficient (Wildman–Crippen LogP) is 2.98. The Hall–Kier alpha value is -1.88. The molecule has 0 atom stereocenters. The van der Waals surface area contributed by atoms with Gasteiger partial charge >= 0.3 is 0 Å². The molecule has 4 N–H and O–H groups in total. The van der Waals surface area contributed by atoms with Crippen molar-refractivity contribution in [1.82, 2.24) is 5.32 Å². The third-order valence-electron chi connectivity index (χ3n) is 4.46. The number of rotatable bonds is 5. The fourth-order valence-corrected chi connectivity index (χ4v) is 3.05. The maximum Gasteiger partial charge on any atom is 0.251 e. The minimum absolute atomic E-state index is 0.00356. The Morgan fingerprint density at radius 3 is 2.46 bits per heavy atom. The van der Waals surface area contributed by atoms with Crippen molar-refractivity contribution in [3.05, 3.63) is 29.3 Å². The van der Waals surface area contributed by atoms with E-state index in [2.05, 4.69) is 10.6 Å². The number of carbonyl (C=O) groups is 2. The van der Waals surface area contributed by atoms with E-state index in [1.807, 2.05) is 26.8 Å². The van der Waals surface area contributed by atoms with Gasteiger partial charge in [-0.25, -0.2) is 0 Å². The minimum atomic E-state index is -0.0568. The van der Waals surface area contributed by atoms with E-state index in [-0.39, 0.29) is 23.9 Å². The van der Waals surface area contributed by atoms with Gasteiger partial charge in [0.1, 0.15) is 0 Å². The fourth-order valence-electron chi connectivity index (χ4n) is 3.05. The van der Waals surface area contributed by atoms with Crippen molar-refractivity contribution < 1.29 is 9.59 Å². The minimum Gasteiger partial charge on any atom is -0.349 e. The van der Waals surface area contributed by atoms with Crippen LogP contribution in [0.5, 0.6) is 0 Å². The highest BCUT2D eigenvalue weighted by atomic mass is 16.2. The third-order valence-corrected chi connectivity index (χ3v) is 4.46. The van der Waals surface area contributed by atoms with Crippen LogP contribution in [0.4, 0.5) is 5.69 Å². The van der Waals surface area contributed by atoms with Crippen LogP contribution in [0.1, 0.15) is 61.9 Å². The van der Waals surface area contributed by atoms with Crippen molar-refractivity contribution in [2.24, 2.45) is 11.7 Å². The van der Waals surface area contributed by atoms with E-state index in [1.165, 1.54) is 0 Å². The van der Waals surface area contributed by atoms with Crippen molar-refractivity contribution >= 4 is 17.5 Å². The molecule has 0 bridgehead atoms. The average Bonchev–Trinajstić information content (AvgIpc) is 2.50. The van der Waals surface area contributed by atoms with E-state index >= 15 is 0 Å². The van der Waals surface area contributed by atoms with Crippen LogP contribution in [-0.2, 0) is 4.79 Å². The summed E-state index contributed by atoms with van der Waals surface area (Å²) in [5, 5.41) is 6.00. The summed E-state index contributed by atoms with van der Waals surface area (Å²) >= 11 is 0. The number of amides is 2. The number of hydrogen-bond acceptors (Lipinski definition) is 3. The lowest BCUT2D eigenvalue weighted by molar-refractivity contribution is -0.116. The van der Waals surface area contributed by atoms with E-state index in [9.17, 15) is 9.59 Å². The summed E-state index contributed by atoms with van der Waals surface area (Å²) in [4.78, 5) is 24.3. The monoisotopic (exact) mass is 331 g/mol. The van der Waals surface area contributed by atoms with Gasteiger partial charge in [-0.05, 0) is 62.3 Å². The number of carbonyl (C=O) groups excluding carboxylic acids is 2. The number of anilines is 1. The number of hydrogen-bond donors (Lipinski definition) is 3. The highest BCUT2D eigenvalue weighted by Gasteiger charge is 2.20. The molecule has 5 nitrogen and oxygen atoms in total. The van der Waals surface area contributed by atoms with Crippen molar-refractivity contribution in [2.75, 3.05) is 5.32 Å². The quantitative estimate of drug-likeness (QED) is 0.775. The van der Waals surface area contributed by atoms with Gasteiger partial charge in [0, 0.05) is 29.8 Å². The zero-order valence-electron chi connectivity index (χ0n) is 14.9. The van der Waals surface area contributed by atoms with E-state index in [1.54, 1.807) is 12.1 Å². The zero-order chi connectivity index (χ0) is 17.7. The Balaban J connectivity index is 1.95. The lowest BCUT2D eigenvalue weighted by Gasteiger charge is -2.26. The Bertz CT molecular complexity index is 590. The summed E-state index contributed by atoms with van der Waals surface area (Å²) in [6.45, 7) is 5.93. The Morgan fingerprint density at radius 1 is 1.21 bits per heavy atom. The van der Waals surface area contributed by atoms with Crippen molar-refractivity contribution in [3.63, 3.8) is 0 Å². The lowest BCUT2D eigenvalue weighted by Crippen LogP contribution is -2.40. The predicted molar refractivity (Wildman–Crippen MR) is 97.0 cm³/mol. The molecule has 1 aliphatic rings. The molecular formula is C19H29N3O2. The smallest absolute Gasteiger partial charge is 0.251 e. The highest BCUT2D eigenvalue weighted by molar-refractivity contribution is 5.96. The Morgan fingerprint density at radius 2 is 1.88 bits per heavy atom. The van der Waals surface area contributed by atoms with Crippen LogP contribution in [0.25, 0.3) is 0 Å². The summed E-state index contributed by atoms with van der Waals surface area (Å²) in [6.07, 6.45) is 4.30. The molecule has 132 valence electrons. The summed E-state index contributed by atoms with van der Waals surface area (Å²) < 4.78 is 0. The molecule has 0 heterocycles. The van der Waals surface area contributed by atoms with Crippen LogP contribution in [-0.4, -0.2) is 23.9 Å². The van der Waals surface area contributed by atoms with E-state index in [4.69, 9.17) is 5.73 Å². The van der Waals surface area contributed by atoms with Gasteiger partial charge in [-0.1, -0.05) is 13.8 Å². The molecular weight excluding hydrogens is 302 g/mol. The van der Waals surface area contributed by atoms with Gasteiger partial charge in [-0.15, -0.1) is 0 Å².